The molecule has 1 aromatic rings. The molecule has 0 radical (unpaired) electrons. The van der Waals surface area contributed by atoms with E-state index in [4.69, 9.17) is 5.11 Å². The third-order valence-electron chi connectivity index (χ3n) is 2.96. The Hall–Kier alpha value is -2.37. The van der Waals surface area contributed by atoms with Crippen LogP contribution in [-0.2, 0) is 9.59 Å². The predicted molar refractivity (Wildman–Crippen MR) is 79.2 cm³/mol. The Labute approximate surface area is 123 Å². The first-order valence-electron chi connectivity index (χ1n) is 6.85. The molecule has 21 heavy (non-hydrogen) atoms. The van der Waals surface area contributed by atoms with Crippen LogP contribution in [0.4, 0.5) is 5.69 Å². The Morgan fingerprint density at radius 1 is 1.24 bits per heavy atom. The fraction of sp³-hybridized carbons (Fsp3) is 0.400. The highest BCUT2D eigenvalue weighted by Crippen LogP contribution is 2.11. The molecule has 0 fully saturated rings. The van der Waals surface area contributed by atoms with E-state index in [1.165, 1.54) is 0 Å². The van der Waals surface area contributed by atoms with Gasteiger partial charge in [0.2, 0.25) is 5.91 Å². The number of carboxylic acid groups (broad SMARTS) is 1. The van der Waals surface area contributed by atoms with Gasteiger partial charge in [0.25, 0.3) is 5.91 Å². The van der Waals surface area contributed by atoms with E-state index in [1.807, 2.05) is 13.8 Å². The highest BCUT2D eigenvalue weighted by molar-refractivity contribution is 5.97. The molecule has 0 saturated carbocycles. The smallest absolute Gasteiger partial charge is 0.303 e. The lowest BCUT2D eigenvalue weighted by molar-refractivity contribution is -0.138. The Morgan fingerprint density at radius 3 is 2.57 bits per heavy atom. The average Bonchev–Trinajstić information content (AvgIpc) is 2.45. The van der Waals surface area contributed by atoms with Crippen LogP contribution < -0.4 is 10.6 Å². The minimum atomic E-state index is -1.02. The number of benzene rings is 1. The average molecular weight is 292 g/mol. The lowest BCUT2D eigenvalue weighted by Crippen LogP contribution is -2.31. The number of anilines is 1. The van der Waals surface area contributed by atoms with Crippen LogP contribution in [0.25, 0.3) is 0 Å². The van der Waals surface area contributed by atoms with Crippen molar-refractivity contribution in [1.82, 2.24) is 5.32 Å². The molecule has 0 saturated heterocycles. The molecule has 1 aromatic carbocycles. The summed E-state index contributed by atoms with van der Waals surface area (Å²) in [6.45, 7) is 3.89. The molecule has 2 amide bonds. The van der Waals surface area contributed by atoms with E-state index in [0.29, 0.717) is 11.3 Å². The molecule has 0 aromatic heterocycles. The van der Waals surface area contributed by atoms with Gasteiger partial charge >= 0.3 is 5.97 Å². The molecule has 0 aliphatic heterocycles. The molecule has 1 rings (SSSR count). The summed E-state index contributed by atoms with van der Waals surface area (Å²) in [5.41, 5.74) is 0.925. The topological polar surface area (TPSA) is 95.5 Å². The fourth-order valence-electron chi connectivity index (χ4n) is 1.59. The lowest BCUT2D eigenvalue weighted by atomic mass is 10.1. The van der Waals surface area contributed by atoms with E-state index >= 15 is 0 Å². The van der Waals surface area contributed by atoms with Gasteiger partial charge in [-0.3, -0.25) is 14.4 Å². The highest BCUT2D eigenvalue weighted by atomic mass is 16.4. The number of aliphatic carboxylic acids is 1. The number of hydrogen-bond donors (Lipinski definition) is 3. The summed E-state index contributed by atoms with van der Waals surface area (Å²) in [5, 5.41) is 13.9. The van der Waals surface area contributed by atoms with Crippen molar-refractivity contribution in [2.24, 2.45) is 0 Å². The third kappa shape index (κ3) is 6.07. The Morgan fingerprint density at radius 2 is 1.95 bits per heavy atom. The molecule has 6 nitrogen and oxygen atoms in total. The van der Waals surface area contributed by atoms with Crippen LogP contribution in [0.1, 0.15) is 43.5 Å². The van der Waals surface area contributed by atoms with Crippen molar-refractivity contribution in [3.05, 3.63) is 29.8 Å². The van der Waals surface area contributed by atoms with E-state index in [2.05, 4.69) is 10.6 Å². The maximum atomic E-state index is 12.0. The maximum Gasteiger partial charge on any atom is 0.303 e. The van der Waals surface area contributed by atoms with Gasteiger partial charge in [0.05, 0.1) is 6.42 Å². The molecule has 3 N–H and O–H groups in total. The fourth-order valence-corrected chi connectivity index (χ4v) is 1.59. The van der Waals surface area contributed by atoms with Crippen molar-refractivity contribution >= 4 is 23.5 Å². The molecule has 0 spiro atoms. The summed E-state index contributed by atoms with van der Waals surface area (Å²) < 4.78 is 0. The number of carbonyl (C=O) groups is 3. The number of nitrogens with one attached hydrogen (secondary N) is 2. The second-order valence-electron chi connectivity index (χ2n) is 4.81. The van der Waals surface area contributed by atoms with Gasteiger partial charge in [-0.05, 0) is 31.5 Å². The molecule has 1 unspecified atom stereocenters. The second kappa shape index (κ2) is 8.04. The van der Waals surface area contributed by atoms with Crippen LogP contribution >= 0.6 is 0 Å². The molecule has 1 atom stereocenters. The van der Waals surface area contributed by atoms with Crippen molar-refractivity contribution in [2.75, 3.05) is 5.32 Å². The first kappa shape index (κ1) is 16.7. The molecule has 114 valence electrons. The van der Waals surface area contributed by atoms with Crippen molar-refractivity contribution in [3.8, 4) is 0 Å². The van der Waals surface area contributed by atoms with Crippen LogP contribution in [0.3, 0.4) is 0 Å². The molecular formula is C15H20N2O4. The number of carbonyl (C=O) groups excluding carboxylic acids is 2. The zero-order valence-electron chi connectivity index (χ0n) is 12.2. The summed E-state index contributed by atoms with van der Waals surface area (Å²) in [7, 11) is 0. The van der Waals surface area contributed by atoms with Crippen molar-refractivity contribution in [3.63, 3.8) is 0 Å². The molecule has 0 aliphatic rings. The molecular weight excluding hydrogens is 272 g/mol. The Kier molecular flexibility index (Phi) is 6.39. The van der Waals surface area contributed by atoms with Gasteiger partial charge in [-0.25, -0.2) is 0 Å². The third-order valence-corrected chi connectivity index (χ3v) is 2.96. The first-order chi connectivity index (χ1) is 9.92. The predicted octanol–water partition coefficient (Wildman–Crippen LogP) is 2.02. The van der Waals surface area contributed by atoms with E-state index in [0.717, 1.165) is 6.42 Å². The summed E-state index contributed by atoms with van der Waals surface area (Å²) >= 11 is 0. The zero-order chi connectivity index (χ0) is 15.8. The van der Waals surface area contributed by atoms with E-state index in [9.17, 15) is 14.4 Å². The van der Waals surface area contributed by atoms with Gasteiger partial charge in [-0.1, -0.05) is 13.0 Å². The normalized spacial score (nSPS) is 11.5. The number of amides is 2. The Bertz CT molecular complexity index is 528. The quantitative estimate of drug-likeness (QED) is 0.716. The maximum absolute atomic E-state index is 12.0. The molecule has 0 heterocycles. The van der Waals surface area contributed by atoms with Crippen LogP contribution in [-0.4, -0.2) is 28.9 Å². The van der Waals surface area contributed by atoms with Gasteiger partial charge in [-0.2, -0.15) is 0 Å². The van der Waals surface area contributed by atoms with E-state index < -0.39 is 11.9 Å². The summed E-state index contributed by atoms with van der Waals surface area (Å²) in [6, 6.07) is 6.62. The summed E-state index contributed by atoms with van der Waals surface area (Å²) in [5.74, 6) is -1.62. The number of carboxylic acids is 1. The molecule has 6 heteroatoms. The number of rotatable bonds is 7. The SMILES string of the molecule is CCC(C)NC(=O)c1cccc(NC(=O)CCC(=O)O)c1. The monoisotopic (exact) mass is 292 g/mol. The van der Waals surface area contributed by atoms with Gasteiger partial charge < -0.3 is 15.7 Å². The van der Waals surface area contributed by atoms with Crippen molar-refractivity contribution < 1.29 is 19.5 Å². The second-order valence-corrected chi connectivity index (χ2v) is 4.81. The van der Waals surface area contributed by atoms with Crippen molar-refractivity contribution in [1.29, 1.82) is 0 Å². The van der Waals surface area contributed by atoms with Crippen LogP contribution in [0.2, 0.25) is 0 Å². The zero-order valence-corrected chi connectivity index (χ0v) is 12.2. The number of hydrogen-bond acceptors (Lipinski definition) is 3. The van der Waals surface area contributed by atoms with Crippen LogP contribution in [0.5, 0.6) is 0 Å². The minimum absolute atomic E-state index is 0.0753. The van der Waals surface area contributed by atoms with Crippen molar-refractivity contribution in [2.45, 2.75) is 39.2 Å². The van der Waals surface area contributed by atoms with Gasteiger partial charge in [0, 0.05) is 23.7 Å². The van der Waals surface area contributed by atoms with E-state index in [1.54, 1.807) is 24.3 Å². The summed E-state index contributed by atoms with van der Waals surface area (Å²) in [6.07, 6.45) is 0.510. The van der Waals surface area contributed by atoms with Gasteiger partial charge in [0.15, 0.2) is 0 Å². The first-order valence-corrected chi connectivity index (χ1v) is 6.85. The van der Waals surface area contributed by atoms with E-state index in [-0.39, 0.29) is 24.8 Å². The lowest BCUT2D eigenvalue weighted by Gasteiger charge is -2.12. The standard InChI is InChI=1S/C15H20N2O4/c1-3-10(2)16-15(21)11-5-4-6-12(9-11)17-13(18)7-8-14(19)20/h4-6,9-10H,3,7-8H2,1-2H3,(H,16,21)(H,17,18)(H,19,20). The highest BCUT2D eigenvalue weighted by Gasteiger charge is 2.10. The molecule has 0 bridgehead atoms. The van der Waals surface area contributed by atoms with Crippen LogP contribution in [0, 0.1) is 0 Å². The van der Waals surface area contributed by atoms with Gasteiger partial charge in [-0.15, -0.1) is 0 Å². The van der Waals surface area contributed by atoms with Gasteiger partial charge in [0.1, 0.15) is 0 Å². The van der Waals surface area contributed by atoms with Crippen LogP contribution in [0.15, 0.2) is 24.3 Å². The minimum Gasteiger partial charge on any atom is -0.481 e. The summed E-state index contributed by atoms with van der Waals surface area (Å²) in [4.78, 5) is 33.9. The molecule has 0 aliphatic carbocycles. The largest absolute Gasteiger partial charge is 0.481 e. The Balaban J connectivity index is 2.65.